The van der Waals surface area contributed by atoms with E-state index in [4.69, 9.17) is 4.74 Å². The Bertz CT molecular complexity index is 989. The highest BCUT2D eigenvalue weighted by molar-refractivity contribution is 5.98. The molecular weight excluding hydrogens is 360 g/mol. The number of allylic oxidation sites excluding steroid dienone is 1. The smallest absolute Gasteiger partial charge is 0.415 e. The highest BCUT2D eigenvalue weighted by Gasteiger charge is 2.28. The summed E-state index contributed by atoms with van der Waals surface area (Å²) < 4.78 is 7.04. The second kappa shape index (κ2) is 7.55. The summed E-state index contributed by atoms with van der Waals surface area (Å²) in [7, 11) is 0. The lowest BCUT2D eigenvalue weighted by molar-refractivity contribution is 0.112. The van der Waals surface area contributed by atoms with Crippen molar-refractivity contribution < 1.29 is 19.4 Å². The van der Waals surface area contributed by atoms with E-state index < -0.39 is 6.10 Å². The van der Waals surface area contributed by atoms with E-state index in [1.54, 1.807) is 24.2 Å². The Labute approximate surface area is 162 Å². The van der Waals surface area contributed by atoms with Crippen LogP contribution in [0.1, 0.15) is 42.2 Å². The van der Waals surface area contributed by atoms with Crippen LogP contribution in [0, 0.1) is 0 Å². The van der Waals surface area contributed by atoms with E-state index in [9.17, 15) is 14.7 Å². The Hall–Kier alpha value is -3.00. The van der Waals surface area contributed by atoms with E-state index in [0.29, 0.717) is 50.2 Å². The van der Waals surface area contributed by atoms with Gasteiger partial charge < -0.3 is 14.4 Å². The average Bonchev–Trinajstić information content (AvgIpc) is 3.29. The van der Waals surface area contributed by atoms with Crippen LogP contribution in [0.5, 0.6) is 0 Å². The first kappa shape index (κ1) is 18.4. The topological polar surface area (TPSA) is 97.0 Å². The molecule has 2 aromatic heterocycles. The molecule has 4 rings (SSSR count). The molecule has 4 heterocycles. The number of nitrogens with zero attached hydrogens (tertiary/aromatic N) is 4. The lowest BCUT2D eigenvalue weighted by Crippen LogP contribution is -2.32. The number of amides is 1. The molecular formula is C20H22N4O4. The van der Waals surface area contributed by atoms with E-state index >= 15 is 0 Å². The molecule has 1 atom stereocenters. The fourth-order valence-electron chi connectivity index (χ4n) is 3.61. The van der Waals surface area contributed by atoms with E-state index in [1.165, 1.54) is 0 Å². The van der Waals surface area contributed by atoms with Crippen LogP contribution in [-0.4, -0.2) is 57.0 Å². The zero-order chi connectivity index (χ0) is 19.7. The van der Waals surface area contributed by atoms with Gasteiger partial charge in [0.25, 0.3) is 0 Å². The molecule has 1 fully saturated rings. The number of aromatic nitrogens is 2. The maximum atomic E-state index is 11.8. The van der Waals surface area contributed by atoms with Crippen LogP contribution in [0.25, 0.3) is 16.7 Å². The van der Waals surface area contributed by atoms with Crippen molar-refractivity contribution in [3.8, 4) is 0 Å². The Morgan fingerprint density at radius 1 is 1.36 bits per heavy atom. The van der Waals surface area contributed by atoms with Crippen molar-refractivity contribution >= 4 is 34.9 Å². The monoisotopic (exact) mass is 382 g/mol. The highest BCUT2D eigenvalue weighted by Crippen LogP contribution is 2.29. The molecule has 2 aromatic rings. The number of carbonyl (C=O) groups is 2. The van der Waals surface area contributed by atoms with Gasteiger partial charge in [0.05, 0.1) is 12.6 Å². The van der Waals surface area contributed by atoms with Crippen molar-refractivity contribution in [2.24, 2.45) is 4.99 Å². The number of aliphatic imine (C=N–C) groups is 1. The minimum absolute atomic E-state index is 0.345. The summed E-state index contributed by atoms with van der Waals surface area (Å²) in [6.07, 6.45) is 5.99. The zero-order valence-electron chi connectivity index (χ0n) is 15.7. The van der Waals surface area contributed by atoms with Gasteiger partial charge in [-0.15, -0.1) is 0 Å². The summed E-state index contributed by atoms with van der Waals surface area (Å²) in [6, 6.07) is 3.83. The number of cyclic esters (lactones) is 1. The third-order valence-electron chi connectivity index (χ3n) is 5.02. The van der Waals surface area contributed by atoms with Gasteiger partial charge in [0.1, 0.15) is 18.1 Å². The van der Waals surface area contributed by atoms with Crippen molar-refractivity contribution in [2.75, 3.05) is 13.2 Å². The van der Waals surface area contributed by atoms with Crippen molar-refractivity contribution in [1.82, 2.24) is 14.5 Å². The maximum Gasteiger partial charge on any atom is 0.415 e. The minimum Gasteiger partial charge on any atom is -0.447 e. The predicted molar refractivity (Wildman–Crippen MR) is 104 cm³/mol. The van der Waals surface area contributed by atoms with Gasteiger partial charge in [-0.2, -0.15) is 0 Å². The third kappa shape index (κ3) is 3.43. The lowest BCUT2D eigenvalue weighted by Gasteiger charge is -2.21. The summed E-state index contributed by atoms with van der Waals surface area (Å²) in [5, 5.41) is 10.6. The fourth-order valence-corrected chi connectivity index (χ4v) is 3.61. The van der Waals surface area contributed by atoms with Crippen molar-refractivity contribution in [1.29, 1.82) is 0 Å². The maximum absolute atomic E-state index is 11.8. The van der Waals surface area contributed by atoms with Gasteiger partial charge in [0.15, 0.2) is 6.29 Å². The zero-order valence-corrected chi connectivity index (χ0v) is 15.7. The fraction of sp³-hybridized carbons (Fsp3) is 0.400. The van der Waals surface area contributed by atoms with Gasteiger partial charge in [0.2, 0.25) is 0 Å². The largest absolute Gasteiger partial charge is 0.447 e. The van der Waals surface area contributed by atoms with Gasteiger partial charge in [-0.1, -0.05) is 0 Å². The quantitative estimate of drug-likeness (QED) is 0.802. The van der Waals surface area contributed by atoms with Crippen molar-refractivity contribution in [2.45, 2.75) is 38.7 Å². The van der Waals surface area contributed by atoms with Crippen molar-refractivity contribution in [3.63, 3.8) is 0 Å². The van der Waals surface area contributed by atoms with Gasteiger partial charge in [0, 0.05) is 41.2 Å². The van der Waals surface area contributed by atoms with E-state index in [2.05, 4.69) is 14.5 Å². The SMILES string of the molecule is CC(O)CCc1cc2cc(C=O)cnc2n1C1=CN=C(N2CCOC2=O)CC1. The molecule has 8 heteroatoms. The van der Waals surface area contributed by atoms with Gasteiger partial charge >= 0.3 is 6.09 Å². The molecule has 1 unspecified atom stereocenters. The van der Waals surface area contributed by atoms with Crippen LogP contribution in [0.3, 0.4) is 0 Å². The summed E-state index contributed by atoms with van der Waals surface area (Å²) in [4.78, 5) is 33.4. The number of aliphatic hydroxyl groups excluding tert-OH is 1. The number of aldehydes is 1. The molecule has 0 radical (unpaired) electrons. The van der Waals surface area contributed by atoms with E-state index in [0.717, 1.165) is 28.7 Å². The number of aryl methyl sites for hydroxylation is 1. The standard InChI is InChI=1S/C20H22N4O4/c1-13(26)2-3-16-9-15-8-14(12-25)10-22-19(15)24(16)17-4-5-18(21-11-17)23-6-7-28-20(23)27/h8-13,26H,2-7H2,1H3. The number of amidine groups is 1. The normalized spacial score (nSPS) is 18.1. The van der Waals surface area contributed by atoms with Crippen LogP contribution >= 0.6 is 0 Å². The summed E-state index contributed by atoms with van der Waals surface area (Å²) in [5.41, 5.74) is 3.27. The molecule has 28 heavy (non-hydrogen) atoms. The highest BCUT2D eigenvalue weighted by atomic mass is 16.6. The lowest BCUT2D eigenvalue weighted by atomic mass is 10.1. The number of pyridine rings is 1. The first-order chi connectivity index (χ1) is 13.6. The van der Waals surface area contributed by atoms with Crippen molar-refractivity contribution in [3.05, 3.63) is 35.8 Å². The molecule has 1 saturated heterocycles. The Morgan fingerprint density at radius 2 is 2.21 bits per heavy atom. The number of ether oxygens (including phenoxy) is 1. The number of hydrogen-bond donors (Lipinski definition) is 1. The van der Waals surface area contributed by atoms with E-state index in [-0.39, 0.29) is 6.09 Å². The number of aliphatic hydroxyl groups is 1. The molecule has 1 N–H and O–H groups in total. The van der Waals surface area contributed by atoms with Crippen LogP contribution in [0.2, 0.25) is 0 Å². The summed E-state index contributed by atoms with van der Waals surface area (Å²) in [5.74, 6) is 0.712. The Kier molecular flexibility index (Phi) is 4.95. The summed E-state index contributed by atoms with van der Waals surface area (Å²) >= 11 is 0. The summed E-state index contributed by atoms with van der Waals surface area (Å²) in [6.45, 7) is 2.69. The number of rotatable bonds is 5. The first-order valence-corrected chi connectivity index (χ1v) is 9.41. The molecule has 0 aromatic carbocycles. The first-order valence-electron chi connectivity index (χ1n) is 9.41. The molecule has 146 valence electrons. The minimum atomic E-state index is -0.406. The van der Waals surface area contributed by atoms with Crippen LogP contribution in [0.4, 0.5) is 4.79 Å². The predicted octanol–water partition coefficient (Wildman–Crippen LogP) is 2.61. The van der Waals surface area contributed by atoms with Gasteiger partial charge in [-0.05, 0) is 38.3 Å². The van der Waals surface area contributed by atoms with Gasteiger partial charge in [-0.25, -0.2) is 14.8 Å². The second-order valence-electron chi connectivity index (χ2n) is 7.09. The molecule has 0 bridgehead atoms. The van der Waals surface area contributed by atoms with E-state index in [1.807, 2.05) is 12.1 Å². The Balaban J connectivity index is 1.73. The number of fused-ring (bicyclic) bond motifs is 1. The average molecular weight is 382 g/mol. The number of hydrogen-bond acceptors (Lipinski definition) is 6. The molecule has 0 aliphatic carbocycles. The molecule has 8 nitrogen and oxygen atoms in total. The third-order valence-corrected chi connectivity index (χ3v) is 5.02. The van der Waals surface area contributed by atoms with Crippen LogP contribution in [0.15, 0.2) is 29.5 Å². The molecule has 1 amide bonds. The molecule has 2 aliphatic heterocycles. The second-order valence-corrected chi connectivity index (χ2v) is 7.09. The number of carbonyl (C=O) groups excluding carboxylic acids is 2. The molecule has 0 saturated carbocycles. The van der Waals surface area contributed by atoms with Crippen LogP contribution < -0.4 is 0 Å². The van der Waals surface area contributed by atoms with Gasteiger partial charge in [-0.3, -0.25) is 9.69 Å². The molecule has 0 spiro atoms. The Morgan fingerprint density at radius 3 is 2.86 bits per heavy atom. The van der Waals surface area contributed by atoms with Crippen LogP contribution in [-0.2, 0) is 11.2 Å². The molecule has 2 aliphatic rings.